The van der Waals surface area contributed by atoms with Gasteiger partial charge in [-0.2, -0.15) is 0 Å². The molecule has 0 aromatic heterocycles. The zero-order valence-corrected chi connectivity index (χ0v) is 13.4. The van der Waals surface area contributed by atoms with Gasteiger partial charge < -0.3 is 19.9 Å². The van der Waals surface area contributed by atoms with Gasteiger partial charge in [-0.1, -0.05) is 19.9 Å². The van der Waals surface area contributed by atoms with E-state index in [0.29, 0.717) is 24.0 Å². The van der Waals surface area contributed by atoms with Crippen LogP contribution in [-0.2, 0) is 9.59 Å². The number of carbonyl (C=O) groups excluding carboxylic acids is 1. The molecule has 0 unspecified atom stereocenters. The third kappa shape index (κ3) is 6.03. The highest BCUT2D eigenvalue weighted by Gasteiger charge is 2.28. The molecule has 0 spiro atoms. The van der Waals surface area contributed by atoms with E-state index in [1.165, 1.54) is 13.8 Å². The molecule has 0 heterocycles. The molecule has 0 aliphatic rings. The average molecular weight is 309 g/mol. The number of hydrogen-bond donors (Lipinski definition) is 2. The molecule has 1 aromatic carbocycles. The first-order valence-electron chi connectivity index (χ1n) is 7.11. The molecule has 6 heteroatoms. The molecule has 0 saturated heterocycles. The van der Waals surface area contributed by atoms with Crippen LogP contribution in [0.1, 0.15) is 27.7 Å². The van der Waals surface area contributed by atoms with Crippen LogP contribution in [0.15, 0.2) is 24.3 Å². The van der Waals surface area contributed by atoms with Crippen LogP contribution in [0, 0.1) is 5.92 Å². The monoisotopic (exact) mass is 309 g/mol. The van der Waals surface area contributed by atoms with Crippen molar-refractivity contribution in [2.75, 3.05) is 13.2 Å². The zero-order chi connectivity index (χ0) is 16.8. The maximum atomic E-state index is 11.7. The molecule has 0 saturated carbocycles. The lowest BCUT2D eigenvalue weighted by Crippen LogP contribution is -2.51. The molecular weight excluding hydrogens is 286 g/mol. The Morgan fingerprint density at radius 2 is 1.82 bits per heavy atom. The fourth-order valence-electron chi connectivity index (χ4n) is 1.50. The van der Waals surface area contributed by atoms with E-state index in [4.69, 9.17) is 14.6 Å². The standard InChI is InChI=1S/C16H23NO5/c1-11(2)9-21-12-6-5-7-13(8-12)22-10-14(18)17-16(3,4)15(19)20/h5-8,11H,9-10H2,1-4H3,(H,17,18)(H,19,20). The van der Waals surface area contributed by atoms with Crippen LogP contribution in [0.25, 0.3) is 0 Å². The normalized spacial score (nSPS) is 11.1. The molecule has 0 atom stereocenters. The Balaban J connectivity index is 2.52. The van der Waals surface area contributed by atoms with Crippen molar-refractivity contribution < 1.29 is 24.2 Å². The number of carbonyl (C=O) groups is 2. The zero-order valence-electron chi connectivity index (χ0n) is 13.4. The average Bonchev–Trinajstić information content (AvgIpc) is 2.43. The predicted octanol–water partition coefficient (Wildman–Crippen LogP) is 2.08. The first-order valence-corrected chi connectivity index (χ1v) is 7.11. The summed E-state index contributed by atoms with van der Waals surface area (Å²) in [5, 5.41) is 11.3. The van der Waals surface area contributed by atoms with Crippen molar-refractivity contribution in [2.24, 2.45) is 5.92 Å². The van der Waals surface area contributed by atoms with E-state index >= 15 is 0 Å². The smallest absolute Gasteiger partial charge is 0.328 e. The fraction of sp³-hybridized carbons (Fsp3) is 0.500. The van der Waals surface area contributed by atoms with Gasteiger partial charge in [-0.15, -0.1) is 0 Å². The fourth-order valence-corrected chi connectivity index (χ4v) is 1.50. The molecule has 1 rings (SSSR count). The summed E-state index contributed by atoms with van der Waals surface area (Å²) in [6.07, 6.45) is 0. The van der Waals surface area contributed by atoms with E-state index in [1.54, 1.807) is 18.2 Å². The number of carboxylic acids is 1. The van der Waals surface area contributed by atoms with Gasteiger partial charge in [0.05, 0.1) is 6.61 Å². The van der Waals surface area contributed by atoms with Crippen molar-refractivity contribution in [3.8, 4) is 11.5 Å². The Labute approximate surface area is 130 Å². The van der Waals surface area contributed by atoms with Gasteiger partial charge in [0.1, 0.15) is 17.0 Å². The summed E-state index contributed by atoms with van der Waals surface area (Å²) in [6, 6.07) is 6.97. The summed E-state index contributed by atoms with van der Waals surface area (Å²) in [7, 11) is 0. The highest BCUT2D eigenvalue weighted by atomic mass is 16.5. The molecular formula is C16H23NO5. The third-order valence-corrected chi connectivity index (χ3v) is 2.75. The minimum absolute atomic E-state index is 0.260. The highest BCUT2D eigenvalue weighted by molar-refractivity contribution is 5.86. The molecule has 1 amide bonds. The van der Waals surface area contributed by atoms with Crippen molar-refractivity contribution in [2.45, 2.75) is 33.2 Å². The Morgan fingerprint density at radius 1 is 1.23 bits per heavy atom. The SMILES string of the molecule is CC(C)COc1cccc(OCC(=O)NC(C)(C)C(=O)O)c1. The van der Waals surface area contributed by atoms with Gasteiger partial charge in [-0.05, 0) is 31.9 Å². The van der Waals surface area contributed by atoms with E-state index in [0.717, 1.165) is 0 Å². The van der Waals surface area contributed by atoms with E-state index in [-0.39, 0.29) is 6.61 Å². The largest absolute Gasteiger partial charge is 0.493 e. The summed E-state index contributed by atoms with van der Waals surface area (Å²) < 4.78 is 10.9. The van der Waals surface area contributed by atoms with Crippen LogP contribution in [0.5, 0.6) is 11.5 Å². The Bertz CT molecular complexity index is 525. The molecule has 122 valence electrons. The highest BCUT2D eigenvalue weighted by Crippen LogP contribution is 2.20. The molecule has 22 heavy (non-hydrogen) atoms. The molecule has 0 aliphatic heterocycles. The maximum absolute atomic E-state index is 11.7. The van der Waals surface area contributed by atoms with E-state index in [2.05, 4.69) is 19.2 Å². The number of nitrogens with one attached hydrogen (secondary N) is 1. The molecule has 0 radical (unpaired) electrons. The first kappa shape index (κ1) is 17.8. The lowest BCUT2D eigenvalue weighted by atomic mass is 10.1. The molecule has 0 bridgehead atoms. The maximum Gasteiger partial charge on any atom is 0.328 e. The molecule has 2 N–H and O–H groups in total. The first-order chi connectivity index (χ1) is 10.2. The molecule has 0 fully saturated rings. The number of aliphatic carboxylic acids is 1. The van der Waals surface area contributed by atoms with Crippen LogP contribution in [-0.4, -0.2) is 35.7 Å². The number of benzene rings is 1. The number of ether oxygens (including phenoxy) is 2. The second-order valence-corrected chi connectivity index (χ2v) is 5.95. The lowest BCUT2D eigenvalue weighted by Gasteiger charge is -2.21. The summed E-state index contributed by atoms with van der Waals surface area (Å²) in [5.74, 6) is -0.0403. The van der Waals surface area contributed by atoms with E-state index in [9.17, 15) is 9.59 Å². The number of carboxylic acid groups (broad SMARTS) is 1. The van der Waals surface area contributed by atoms with Crippen molar-refractivity contribution in [1.29, 1.82) is 0 Å². The van der Waals surface area contributed by atoms with E-state index < -0.39 is 17.4 Å². The second-order valence-electron chi connectivity index (χ2n) is 5.95. The lowest BCUT2D eigenvalue weighted by molar-refractivity contribution is -0.146. The van der Waals surface area contributed by atoms with Crippen LogP contribution in [0.4, 0.5) is 0 Å². The number of rotatable bonds is 8. The van der Waals surface area contributed by atoms with Gasteiger partial charge in [0.25, 0.3) is 5.91 Å². The van der Waals surface area contributed by atoms with Gasteiger partial charge in [-0.25, -0.2) is 4.79 Å². The van der Waals surface area contributed by atoms with Gasteiger partial charge in [0.15, 0.2) is 6.61 Å². The summed E-state index contributed by atoms with van der Waals surface area (Å²) >= 11 is 0. The minimum Gasteiger partial charge on any atom is -0.493 e. The summed E-state index contributed by atoms with van der Waals surface area (Å²) in [5.41, 5.74) is -1.33. The van der Waals surface area contributed by atoms with Crippen LogP contribution >= 0.6 is 0 Å². The second kappa shape index (κ2) is 7.68. The van der Waals surface area contributed by atoms with Crippen molar-refractivity contribution in [1.82, 2.24) is 5.32 Å². The van der Waals surface area contributed by atoms with Crippen molar-refractivity contribution in [3.63, 3.8) is 0 Å². The van der Waals surface area contributed by atoms with Crippen LogP contribution in [0.3, 0.4) is 0 Å². The molecule has 1 aromatic rings. The van der Waals surface area contributed by atoms with Crippen LogP contribution < -0.4 is 14.8 Å². The van der Waals surface area contributed by atoms with Crippen LogP contribution in [0.2, 0.25) is 0 Å². The Kier molecular flexibility index (Phi) is 6.22. The van der Waals surface area contributed by atoms with Crippen molar-refractivity contribution >= 4 is 11.9 Å². The Morgan fingerprint density at radius 3 is 2.36 bits per heavy atom. The topological polar surface area (TPSA) is 84.9 Å². The molecule has 6 nitrogen and oxygen atoms in total. The van der Waals surface area contributed by atoms with Gasteiger partial charge in [-0.3, -0.25) is 4.79 Å². The Hall–Kier alpha value is -2.24. The van der Waals surface area contributed by atoms with E-state index in [1.807, 2.05) is 6.07 Å². The molecule has 0 aliphatic carbocycles. The van der Waals surface area contributed by atoms with Gasteiger partial charge >= 0.3 is 5.97 Å². The van der Waals surface area contributed by atoms with Gasteiger partial charge in [0, 0.05) is 6.07 Å². The van der Waals surface area contributed by atoms with Crippen molar-refractivity contribution in [3.05, 3.63) is 24.3 Å². The minimum atomic E-state index is -1.33. The third-order valence-electron chi connectivity index (χ3n) is 2.75. The summed E-state index contributed by atoms with van der Waals surface area (Å²) in [6.45, 7) is 7.26. The predicted molar refractivity (Wildman–Crippen MR) is 82.1 cm³/mol. The number of hydrogen-bond acceptors (Lipinski definition) is 4. The quantitative estimate of drug-likeness (QED) is 0.768. The van der Waals surface area contributed by atoms with Gasteiger partial charge in [0.2, 0.25) is 0 Å². The number of amides is 1. The summed E-state index contributed by atoms with van der Waals surface area (Å²) in [4.78, 5) is 22.6.